The summed E-state index contributed by atoms with van der Waals surface area (Å²) < 4.78 is 10.7. The second-order valence-electron chi connectivity index (χ2n) is 9.87. The summed E-state index contributed by atoms with van der Waals surface area (Å²) in [4.78, 5) is 34.8. The highest BCUT2D eigenvalue weighted by Gasteiger charge is 2.34. The molecule has 1 fully saturated rings. The Morgan fingerprint density at radius 2 is 1.48 bits per heavy atom. The van der Waals surface area contributed by atoms with E-state index in [1.165, 1.54) is 6.20 Å². The van der Waals surface area contributed by atoms with Gasteiger partial charge in [0.05, 0.1) is 23.7 Å². The van der Waals surface area contributed by atoms with Crippen LogP contribution in [0.1, 0.15) is 85.8 Å². The predicted octanol–water partition coefficient (Wildman–Crippen LogP) is 4.56. The highest BCUT2D eigenvalue weighted by Crippen LogP contribution is 2.37. The van der Waals surface area contributed by atoms with Gasteiger partial charge >= 0.3 is 12.2 Å². The number of aromatic nitrogens is 2. The summed E-state index contributed by atoms with van der Waals surface area (Å²) in [6, 6.07) is 0. The monoisotopic (exact) mass is 407 g/mol. The standard InChI is InChI=1S/C21H33N3O5/c1-19(2,3)28-17(25)24(18(26)29-20(4,5)6)16-13-22-15(12-23-16)14-8-10-21(7,27)11-9-14/h12-14,27H,8-11H2,1-7H3/t14-,21+. The number of ether oxygens (including phenoxy) is 2. The van der Waals surface area contributed by atoms with Crippen molar-refractivity contribution in [3.05, 3.63) is 18.1 Å². The number of imide groups is 1. The number of hydrogen-bond acceptors (Lipinski definition) is 7. The molecule has 0 aromatic carbocycles. The number of carbonyl (C=O) groups is 2. The average Bonchev–Trinajstić information content (AvgIpc) is 2.52. The summed E-state index contributed by atoms with van der Waals surface area (Å²) in [5, 5.41) is 10.1. The fourth-order valence-corrected chi connectivity index (χ4v) is 3.07. The zero-order valence-electron chi connectivity index (χ0n) is 18.5. The summed E-state index contributed by atoms with van der Waals surface area (Å²) in [5.74, 6) is 0.230. The molecule has 29 heavy (non-hydrogen) atoms. The molecule has 1 aromatic heterocycles. The Morgan fingerprint density at radius 3 is 1.86 bits per heavy atom. The molecule has 1 heterocycles. The molecule has 0 atom stereocenters. The van der Waals surface area contributed by atoms with Crippen LogP contribution in [0.2, 0.25) is 0 Å². The maximum Gasteiger partial charge on any atom is 0.425 e. The van der Waals surface area contributed by atoms with Crippen molar-refractivity contribution in [3.63, 3.8) is 0 Å². The van der Waals surface area contributed by atoms with Crippen LogP contribution in [0.4, 0.5) is 15.4 Å². The first-order chi connectivity index (χ1) is 13.2. The van der Waals surface area contributed by atoms with Crippen LogP contribution in [0.5, 0.6) is 0 Å². The quantitative estimate of drug-likeness (QED) is 0.766. The van der Waals surface area contributed by atoms with Crippen molar-refractivity contribution in [3.8, 4) is 0 Å². The van der Waals surface area contributed by atoms with Gasteiger partial charge in [-0.25, -0.2) is 14.6 Å². The van der Waals surface area contributed by atoms with Gasteiger partial charge in [0.15, 0.2) is 5.82 Å². The molecule has 1 aliphatic rings. The number of hydrogen-bond donors (Lipinski definition) is 1. The second kappa shape index (κ2) is 8.26. The zero-order chi connectivity index (χ0) is 22.0. The number of aliphatic hydroxyl groups is 1. The van der Waals surface area contributed by atoms with Crippen LogP contribution >= 0.6 is 0 Å². The summed E-state index contributed by atoms with van der Waals surface area (Å²) in [6.45, 7) is 12.1. The first-order valence-corrected chi connectivity index (χ1v) is 9.97. The highest BCUT2D eigenvalue weighted by atomic mass is 16.6. The molecule has 1 N–H and O–H groups in total. The van der Waals surface area contributed by atoms with Crippen molar-refractivity contribution in [1.82, 2.24) is 9.97 Å². The molecule has 8 heteroatoms. The van der Waals surface area contributed by atoms with Crippen LogP contribution in [0.3, 0.4) is 0 Å². The van der Waals surface area contributed by atoms with Crippen molar-refractivity contribution in [2.24, 2.45) is 0 Å². The van der Waals surface area contributed by atoms with Gasteiger partial charge < -0.3 is 14.6 Å². The lowest BCUT2D eigenvalue weighted by molar-refractivity contribution is 0.0167. The fourth-order valence-electron chi connectivity index (χ4n) is 3.07. The Kier molecular flexibility index (Phi) is 6.57. The van der Waals surface area contributed by atoms with Gasteiger partial charge in [-0.05, 0) is 74.1 Å². The summed E-state index contributed by atoms with van der Waals surface area (Å²) >= 11 is 0. The van der Waals surface area contributed by atoms with E-state index in [1.807, 2.05) is 6.92 Å². The van der Waals surface area contributed by atoms with Gasteiger partial charge in [-0.3, -0.25) is 4.98 Å². The molecule has 8 nitrogen and oxygen atoms in total. The van der Waals surface area contributed by atoms with E-state index in [1.54, 1.807) is 47.7 Å². The Bertz CT molecular complexity index is 694. The van der Waals surface area contributed by atoms with Crippen molar-refractivity contribution in [2.75, 3.05) is 4.90 Å². The average molecular weight is 408 g/mol. The van der Waals surface area contributed by atoms with Gasteiger partial charge in [-0.15, -0.1) is 0 Å². The maximum atomic E-state index is 12.7. The lowest BCUT2D eigenvalue weighted by Crippen LogP contribution is -2.44. The topological polar surface area (TPSA) is 102 Å². The van der Waals surface area contributed by atoms with Crippen molar-refractivity contribution >= 4 is 18.0 Å². The third kappa shape index (κ3) is 6.96. The van der Waals surface area contributed by atoms with Crippen molar-refractivity contribution in [2.45, 2.75) is 96.9 Å². The summed E-state index contributed by atoms with van der Waals surface area (Å²) in [7, 11) is 0. The van der Waals surface area contributed by atoms with Gasteiger partial charge in [0.2, 0.25) is 0 Å². The van der Waals surface area contributed by atoms with Crippen LogP contribution in [-0.2, 0) is 9.47 Å². The molecule has 2 rings (SSSR count). The van der Waals surface area contributed by atoms with Gasteiger partial charge in [0.25, 0.3) is 0 Å². The SMILES string of the molecule is CC(C)(C)OC(=O)N(C(=O)OC(C)(C)C)c1cnc([C@H]2CC[C@@](C)(O)CC2)cn1. The molecular weight excluding hydrogens is 374 g/mol. The number of amides is 2. The molecule has 0 aliphatic heterocycles. The van der Waals surface area contributed by atoms with Gasteiger partial charge in [0.1, 0.15) is 11.2 Å². The molecule has 0 radical (unpaired) electrons. The third-order valence-electron chi connectivity index (χ3n) is 4.52. The van der Waals surface area contributed by atoms with Crippen LogP contribution in [0.15, 0.2) is 12.4 Å². The van der Waals surface area contributed by atoms with E-state index < -0.39 is 29.0 Å². The Morgan fingerprint density at radius 1 is 1.00 bits per heavy atom. The molecule has 0 spiro atoms. The van der Waals surface area contributed by atoms with Gasteiger partial charge in [-0.1, -0.05) is 0 Å². The van der Waals surface area contributed by atoms with Crippen LogP contribution in [0.25, 0.3) is 0 Å². The Balaban J connectivity index is 2.24. The van der Waals surface area contributed by atoms with E-state index >= 15 is 0 Å². The molecule has 0 saturated heterocycles. The lowest BCUT2D eigenvalue weighted by atomic mass is 9.79. The third-order valence-corrected chi connectivity index (χ3v) is 4.52. The number of anilines is 1. The first kappa shape index (κ1) is 23.1. The Hall–Kier alpha value is -2.22. The van der Waals surface area contributed by atoms with E-state index in [9.17, 15) is 14.7 Å². The minimum absolute atomic E-state index is 0.0417. The Labute approximate surface area is 172 Å². The van der Waals surface area contributed by atoms with E-state index in [4.69, 9.17) is 9.47 Å². The minimum atomic E-state index is -0.873. The van der Waals surface area contributed by atoms with Gasteiger partial charge in [-0.2, -0.15) is 4.90 Å². The number of rotatable bonds is 2. The first-order valence-electron chi connectivity index (χ1n) is 9.97. The largest absolute Gasteiger partial charge is 0.443 e. The second-order valence-corrected chi connectivity index (χ2v) is 9.87. The molecule has 0 bridgehead atoms. The molecule has 1 saturated carbocycles. The zero-order valence-corrected chi connectivity index (χ0v) is 18.5. The van der Waals surface area contributed by atoms with Crippen molar-refractivity contribution in [1.29, 1.82) is 0 Å². The summed E-state index contributed by atoms with van der Waals surface area (Å²) in [6.07, 6.45) is 4.22. The van der Waals surface area contributed by atoms with E-state index in [0.29, 0.717) is 12.8 Å². The molecule has 162 valence electrons. The molecule has 1 aliphatic carbocycles. The lowest BCUT2D eigenvalue weighted by Gasteiger charge is -2.32. The van der Waals surface area contributed by atoms with Crippen LogP contribution in [-0.4, -0.2) is 44.1 Å². The smallest absolute Gasteiger partial charge is 0.425 e. The summed E-state index contributed by atoms with van der Waals surface area (Å²) in [5.41, 5.74) is -1.43. The van der Waals surface area contributed by atoms with Crippen LogP contribution < -0.4 is 4.90 Å². The molecule has 2 amide bonds. The minimum Gasteiger partial charge on any atom is -0.443 e. The van der Waals surface area contributed by atoms with Crippen molar-refractivity contribution < 1.29 is 24.2 Å². The molecule has 1 aromatic rings. The van der Waals surface area contributed by atoms with E-state index in [0.717, 1.165) is 23.4 Å². The number of nitrogens with zero attached hydrogens (tertiary/aromatic N) is 3. The van der Waals surface area contributed by atoms with E-state index in [-0.39, 0.29) is 11.7 Å². The van der Waals surface area contributed by atoms with E-state index in [2.05, 4.69) is 9.97 Å². The van der Waals surface area contributed by atoms with Crippen LogP contribution in [0, 0.1) is 0 Å². The highest BCUT2D eigenvalue weighted by molar-refractivity contribution is 6.08. The molecule has 0 unspecified atom stereocenters. The normalized spacial score (nSPS) is 22.7. The maximum absolute atomic E-state index is 12.7. The fraction of sp³-hybridized carbons (Fsp3) is 0.714. The molecular formula is C21H33N3O5. The van der Waals surface area contributed by atoms with Gasteiger partial charge in [0, 0.05) is 5.92 Å². The number of carbonyl (C=O) groups excluding carboxylic acids is 2. The predicted molar refractivity (Wildman–Crippen MR) is 109 cm³/mol.